The highest BCUT2D eigenvalue weighted by Crippen LogP contribution is 2.23. The van der Waals surface area contributed by atoms with Gasteiger partial charge in [-0.15, -0.1) is 5.10 Å². The quantitative estimate of drug-likeness (QED) is 0.654. The minimum Gasteiger partial charge on any atom is -0.359 e. The second kappa shape index (κ2) is 7.11. The van der Waals surface area contributed by atoms with Crippen LogP contribution in [0.3, 0.4) is 0 Å². The third kappa shape index (κ3) is 4.22. The van der Waals surface area contributed by atoms with Gasteiger partial charge in [0.25, 0.3) is 0 Å². The molecule has 0 aromatic carbocycles. The molecule has 0 radical (unpaired) electrons. The number of likely N-dealkylation sites (N-methyl/N-ethyl adjacent to an activating group) is 1. The van der Waals surface area contributed by atoms with Gasteiger partial charge >= 0.3 is 0 Å². The SMILES string of the molecule is CNC(=O)C[C@H]1CC[C@@H](CNC(=O)Cn2cnnn2)N1C. The number of hydrogen-bond donors (Lipinski definition) is 2. The number of aromatic nitrogens is 4. The molecule has 2 N–H and O–H groups in total. The largest absolute Gasteiger partial charge is 0.359 e. The van der Waals surface area contributed by atoms with E-state index in [2.05, 4.69) is 31.1 Å². The molecule has 2 heterocycles. The monoisotopic (exact) mass is 295 g/mol. The standard InChI is InChI=1S/C12H21N7O2/c1-13-11(20)5-9-3-4-10(18(9)2)6-14-12(21)7-19-8-15-16-17-19/h8-10H,3-7H2,1-2H3,(H,13,20)(H,14,21)/t9-,10+/m1/s1. The highest BCUT2D eigenvalue weighted by atomic mass is 16.2. The molecule has 116 valence electrons. The van der Waals surface area contributed by atoms with Gasteiger partial charge in [-0.25, -0.2) is 4.68 Å². The fourth-order valence-electron chi connectivity index (χ4n) is 2.59. The average molecular weight is 295 g/mol. The summed E-state index contributed by atoms with van der Waals surface area (Å²) in [7, 11) is 3.65. The van der Waals surface area contributed by atoms with Crippen LogP contribution < -0.4 is 10.6 Å². The number of hydrogen-bond acceptors (Lipinski definition) is 6. The number of carbonyl (C=O) groups is 2. The van der Waals surface area contributed by atoms with E-state index < -0.39 is 0 Å². The van der Waals surface area contributed by atoms with Crippen molar-refractivity contribution < 1.29 is 9.59 Å². The second-order valence-corrected chi connectivity index (χ2v) is 5.24. The third-order valence-electron chi connectivity index (χ3n) is 3.92. The topological polar surface area (TPSA) is 105 Å². The van der Waals surface area contributed by atoms with Gasteiger partial charge < -0.3 is 10.6 Å². The van der Waals surface area contributed by atoms with E-state index in [0.29, 0.717) is 13.0 Å². The summed E-state index contributed by atoms with van der Waals surface area (Å²) < 4.78 is 1.38. The first-order valence-corrected chi connectivity index (χ1v) is 7.00. The maximum absolute atomic E-state index is 11.8. The zero-order valence-electron chi connectivity index (χ0n) is 12.3. The number of nitrogens with zero attached hydrogens (tertiary/aromatic N) is 5. The molecule has 0 unspecified atom stereocenters. The highest BCUT2D eigenvalue weighted by Gasteiger charge is 2.31. The Kier molecular flexibility index (Phi) is 5.20. The summed E-state index contributed by atoms with van der Waals surface area (Å²) in [5.74, 6) is -0.0688. The summed E-state index contributed by atoms with van der Waals surface area (Å²) in [4.78, 5) is 25.4. The van der Waals surface area contributed by atoms with Crippen molar-refractivity contribution in [1.82, 2.24) is 35.7 Å². The number of carbonyl (C=O) groups excluding carboxylic acids is 2. The van der Waals surface area contributed by atoms with Gasteiger partial charge in [-0.2, -0.15) is 0 Å². The first-order valence-electron chi connectivity index (χ1n) is 7.00. The van der Waals surface area contributed by atoms with Gasteiger partial charge in [0, 0.05) is 32.1 Å². The minimum absolute atomic E-state index is 0.0511. The second-order valence-electron chi connectivity index (χ2n) is 5.24. The maximum Gasteiger partial charge on any atom is 0.241 e. The maximum atomic E-state index is 11.8. The number of rotatable bonds is 6. The number of amides is 2. The Hall–Kier alpha value is -2.03. The van der Waals surface area contributed by atoms with Gasteiger partial charge in [-0.3, -0.25) is 14.5 Å². The predicted molar refractivity (Wildman–Crippen MR) is 74.1 cm³/mol. The van der Waals surface area contributed by atoms with Crippen molar-refractivity contribution in [3.8, 4) is 0 Å². The van der Waals surface area contributed by atoms with Crippen LogP contribution >= 0.6 is 0 Å². The van der Waals surface area contributed by atoms with Crippen LogP contribution in [0.25, 0.3) is 0 Å². The van der Waals surface area contributed by atoms with Gasteiger partial charge in [0.2, 0.25) is 11.8 Å². The van der Waals surface area contributed by atoms with E-state index >= 15 is 0 Å². The lowest BCUT2D eigenvalue weighted by Gasteiger charge is -2.25. The first kappa shape index (κ1) is 15.4. The van der Waals surface area contributed by atoms with Crippen molar-refractivity contribution in [2.24, 2.45) is 0 Å². The van der Waals surface area contributed by atoms with Crippen LogP contribution in [-0.2, 0) is 16.1 Å². The molecule has 1 aromatic heterocycles. The molecule has 1 aromatic rings. The molecule has 2 atom stereocenters. The first-order chi connectivity index (χ1) is 10.1. The Morgan fingerprint density at radius 1 is 1.29 bits per heavy atom. The molecule has 9 nitrogen and oxygen atoms in total. The molecule has 1 saturated heterocycles. The van der Waals surface area contributed by atoms with Gasteiger partial charge in [0.1, 0.15) is 12.9 Å². The molecule has 1 fully saturated rings. The smallest absolute Gasteiger partial charge is 0.241 e. The molecule has 1 aliphatic heterocycles. The van der Waals surface area contributed by atoms with Gasteiger partial charge in [0.15, 0.2) is 0 Å². The van der Waals surface area contributed by atoms with E-state index in [1.165, 1.54) is 11.0 Å². The van der Waals surface area contributed by atoms with E-state index in [4.69, 9.17) is 0 Å². The molecule has 2 rings (SSSR count). The molecule has 2 amide bonds. The summed E-state index contributed by atoms with van der Waals surface area (Å²) in [6, 6.07) is 0.504. The summed E-state index contributed by atoms with van der Waals surface area (Å²) in [6.45, 7) is 0.687. The Morgan fingerprint density at radius 2 is 2.05 bits per heavy atom. The number of nitrogens with one attached hydrogen (secondary N) is 2. The number of likely N-dealkylation sites (tertiary alicyclic amines) is 1. The van der Waals surface area contributed by atoms with Crippen LogP contribution in [0, 0.1) is 0 Å². The average Bonchev–Trinajstić information content (AvgIpc) is 3.08. The lowest BCUT2D eigenvalue weighted by molar-refractivity contribution is -0.123. The van der Waals surface area contributed by atoms with Crippen LogP contribution in [0.2, 0.25) is 0 Å². The molecule has 0 aliphatic carbocycles. The molecular weight excluding hydrogens is 274 g/mol. The molecule has 0 bridgehead atoms. The normalized spacial score (nSPS) is 22.2. The zero-order chi connectivity index (χ0) is 15.2. The van der Waals surface area contributed by atoms with Crippen LogP contribution in [0.15, 0.2) is 6.33 Å². The zero-order valence-corrected chi connectivity index (χ0v) is 12.3. The molecular formula is C12H21N7O2. The van der Waals surface area contributed by atoms with Gasteiger partial charge in [-0.05, 0) is 30.3 Å². The van der Waals surface area contributed by atoms with Crippen molar-refractivity contribution in [1.29, 1.82) is 0 Å². The van der Waals surface area contributed by atoms with Crippen LogP contribution in [0.5, 0.6) is 0 Å². The van der Waals surface area contributed by atoms with Gasteiger partial charge in [-0.1, -0.05) is 0 Å². The number of tetrazole rings is 1. The van der Waals surface area contributed by atoms with Crippen molar-refractivity contribution in [2.75, 3.05) is 20.6 Å². The van der Waals surface area contributed by atoms with Crippen molar-refractivity contribution in [3.63, 3.8) is 0 Å². The molecule has 21 heavy (non-hydrogen) atoms. The Labute approximate surface area is 123 Å². The minimum atomic E-state index is -0.120. The lowest BCUT2D eigenvalue weighted by Crippen LogP contribution is -2.42. The van der Waals surface area contributed by atoms with E-state index in [0.717, 1.165) is 12.8 Å². The Balaban J connectivity index is 1.73. The molecule has 9 heteroatoms. The summed E-state index contributed by atoms with van der Waals surface area (Å²) >= 11 is 0. The van der Waals surface area contributed by atoms with Crippen LogP contribution in [0.4, 0.5) is 0 Å². The van der Waals surface area contributed by atoms with E-state index in [1.807, 2.05) is 7.05 Å². The van der Waals surface area contributed by atoms with Crippen LogP contribution in [0.1, 0.15) is 19.3 Å². The molecule has 1 aliphatic rings. The summed E-state index contributed by atoms with van der Waals surface area (Å²) in [6.07, 6.45) is 3.85. The van der Waals surface area contributed by atoms with Crippen molar-refractivity contribution in [3.05, 3.63) is 6.33 Å². The Morgan fingerprint density at radius 3 is 2.71 bits per heavy atom. The highest BCUT2D eigenvalue weighted by molar-refractivity contribution is 5.76. The van der Waals surface area contributed by atoms with E-state index in [9.17, 15) is 9.59 Å². The van der Waals surface area contributed by atoms with Crippen molar-refractivity contribution in [2.45, 2.75) is 37.9 Å². The predicted octanol–water partition coefficient (Wildman–Crippen LogP) is -1.61. The fraction of sp³-hybridized carbons (Fsp3) is 0.750. The lowest BCUT2D eigenvalue weighted by atomic mass is 10.1. The molecule has 0 saturated carbocycles. The fourth-order valence-corrected chi connectivity index (χ4v) is 2.59. The summed E-state index contributed by atoms with van der Waals surface area (Å²) in [5.41, 5.74) is 0. The van der Waals surface area contributed by atoms with Gasteiger partial charge in [0.05, 0.1) is 0 Å². The van der Waals surface area contributed by atoms with E-state index in [-0.39, 0.29) is 30.4 Å². The van der Waals surface area contributed by atoms with Crippen LogP contribution in [-0.4, -0.2) is 69.6 Å². The van der Waals surface area contributed by atoms with Crippen molar-refractivity contribution >= 4 is 11.8 Å². The molecule has 0 spiro atoms. The summed E-state index contributed by atoms with van der Waals surface area (Å²) in [5, 5.41) is 16.1. The third-order valence-corrected chi connectivity index (χ3v) is 3.92. The van der Waals surface area contributed by atoms with E-state index in [1.54, 1.807) is 7.05 Å². The Bertz CT molecular complexity index is 476.